The van der Waals surface area contributed by atoms with Crippen LogP contribution in [-0.4, -0.2) is 12.6 Å². The van der Waals surface area contributed by atoms with Gasteiger partial charge in [0.1, 0.15) is 0 Å². The van der Waals surface area contributed by atoms with Crippen molar-refractivity contribution < 1.29 is 9.53 Å². The molecule has 0 aromatic carbocycles. The molecule has 88 valence electrons. The molecular weight excluding hydrogens is 200 g/mol. The maximum atomic E-state index is 11.0. The molecule has 2 heteroatoms. The molecule has 0 aromatic rings. The monoisotopic (exact) mass is 220 g/mol. The normalized spacial score (nSPS) is 14.7. The molecule has 0 saturated carbocycles. The number of hydrogen-bond donors (Lipinski definition) is 0. The molecule has 0 bridgehead atoms. The lowest BCUT2D eigenvalue weighted by atomic mass is 10.00. The van der Waals surface area contributed by atoms with Crippen LogP contribution in [-0.2, 0) is 9.53 Å². The zero-order chi connectivity index (χ0) is 11.6. The number of allylic oxidation sites excluding steroid dienone is 2. The number of esters is 1. The van der Waals surface area contributed by atoms with E-state index in [0.717, 1.165) is 19.3 Å². The van der Waals surface area contributed by atoms with Gasteiger partial charge < -0.3 is 4.74 Å². The summed E-state index contributed by atoms with van der Waals surface area (Å²) in [7, 11) is 0. The smallest absolute Gasteiger partial charge is 0.305 e. The molecule has 0 unspecified atom stereocenters. The Labute approximate surface area is 98.1 Å². The van der Waals surface area contributed by atoms with Crippen LogP contribution in [0.2, 0.25) is 0 Å². The maximum Gasteiger partial charge on any atom is 0.305 e. The van der Waals surface area contributed by atoms with Crippen LogP contribution in [0.5, 0.6) is 0 Å². The van der Waals surface area contributed by atoms with Crippen molar-refractivity contribution in [3.05, 3.63) is 11.6 Å². The van der Waals surface area contributed by atoms with Gasteiger partial charge in [-0.15, -0.1) is 0 Å². The number of rotatable bonds is 4. The van der Waals surface area contributed by atoms with Crippen molar-refractivity contribution in [2.75, 3.05) is 6.61 Å². The Balaban J connectivity index is 2.12. The minimum atomic E-state index is -0.110. The molecule has 0 radical (unpaired) electrons. The van der Waals surface area contributed by atoms with Gasteiger partial charge in [-0.05, 0) is 44.6 Å². The number of unbranched alkanes of at least 4 members (excludes halogenated alkanes) is 1. The van der Waals surface area contributed by atoms with Crippen molar-refractivity contribution in [3.63, 3.8) is 0 Å². The lowest BCUT2D eigenvalue weighted by Gasteiger charge is -2.05. The van der Waals surface area contributed by atoms with Crippen LogP contribution in [0.1, 0.15) is 51.9 Å². The first-order valence-corrected chi connectivity index (χ1v) is 6.16. The summed E-state index contributed by atoms with van der Waals surface area (Å²) < 4.78 is 4.84. The largest absolute Gasteiger partial charge is 0.466 e. The first-order valence-electron chi connectivity index (χ1n) is 6.16. The number of carbonyl (C=O) groups is 1. The van der Waals surface area contributed by atoms with Crippen molar-refractivity contribution in [1.82, 2.24) is 0 Å². The van der Waals surface area contributed by atoms with Gasteiger partial charge in [0.2, 0.25) is 0 Å². The van der Waals surface area contributed by atoms with Crippen LogP contribution in [0.4, 0.5) is 0 Å². The second-order valence-corrected chi connectivity index (χ2v) is 3.94. The highest BCUT2D eigenvalue weighted by Gasteiger charge is 2.00. The predicted octanol–water partition coefficient (Wildman–Crippen LogP) is 3.22. The molecule has 0 saturated heterocycles. The zero-order valence-corrected chi connectivity index (χ0v) is 10.1. The minimum absolute atomic E-state index is 0.110. The highest BCUT2D eigenvalue weighted by atomic mass is 16.5. The third kappa shape index (κ3) is 5.60. The van der Waals surface area contributed by atoms with Gasteiger partial charge in [-0.25, -0.2) is 0 Å². The Morgan fingerprint density at radius 2 is 2.38 bits per heavy atom. The molecule has 16 heavy (non-hydrogen) atoms. The molecule has 1 aliphatic rings. The number of carbonyl (C=O) groups excluding carboxylic acids is 1. The Kier molecular flexibility index (Phi) is 6.41. The second-order valence-electron chi connectivity index (χ2n) is 3.94. The van der Waals surface area contributed by atoms with Crippen LogP contribution in [0.15, 0.2) is 11.6 Å². The summed E-state index contributed by atoms with van der Waals surface area (Å²) in [5.74, 6) is 6.20. The van der Waals surface area contributed by atoms with Gasteiger partial charge in [0, 0.05) is 12.8 Å². The van der Waals surface area contributed by atoms with Crippen molar-refractivity contribution >= 4 is 5.97 Å². The first kappa shape index (κ1) is 12.8. The lowest BCUT2D eigenvalue weighted by molar-refractivity contribution is -0.143. The summed E-state index contributed by atoms with van der Waals surface area (Å²) in [6.45, 7) is 2.30. The lowest BCUT2D eigenvalue weighted by Crippen LogP contribution is -2.02. The Hall–Kier alpha value is -1.23. The molecule has 1 aliphatic carbocycles. The summed E-state index contributed by atoms with van der Waals surface area (Å²) in [4.78, 5) is 11.0. The fraction of sp³-hybridized carbons (Fsp3) is 0.643. The molecule has 0 N–H and O–H groups in total. The highest BCUT2D eigenvalue weighted by Crippen LogP contribution is 2.16. The van der Waals surface area contributed by atoms with Crippen molar-refractivity contribution in [2.24, 2.45) is 0 Å². The molecule has 0 aromatic heterocycles. The van der Waals surface area contributed by atoms with Gasteiger partial charge in [-0.1, -0.05) is 17.9 Å². The topological polar surface area (TPSA) is 26.3 Å². The van der Waals surface area contributed by atoms with Crippen LogP contribution < -0.4 is 0 Å². The molecule has 0 amide bonds. The highest BCUT2D eigenvalue weighted by molar-refractivity contribution is 5.69. The molecule has 0 heterocycles. The molecule has 0 fully saturated rings. The molecule has 0 aliphatic heterocycles. The molecular formula is C14H20O2. The second kappa shape index (κ2) is 7.98. The van der Waals surface area contributed by atoms with Crippen molar-refractivity contribution in [1.29, 1.82) is 0 Å². The fourth-order valence-electron chi connectivity index (χ4n) is 1.68. The Morgan fingerprint density at radius 3 is 3.06 bits per heavy atom. The summed E-state index contributed by atoms with van der Waals surface area (Å²) >= 11 is 0. The van der Waals surface area contributed by atoms with Crippen molar-refractivity contribution in [3.8, 4) is 11.8 Å². The van der Waals surface area contributed by atoms with Crippen LogP contribution in [0.3, 0.4) is 0 Å². The maximum absolute atomic E-state index is 11.0. The zero-order valence-electron chi connectivity index (χ0n) is 10.1. The van der Waals surface area contributed by atoms with Gasteiger partial charge in [-0.3, -0.25) is 4.79 Å². The van der Waals surface area contributed by atoms with E-state index >= 15 is 0 Å². The summed E-state index contributed by atoms with van der Waals surface area (Å²) in [6.07, 6.45) is 9.19. The van der Waals surface area contributed by atoms with Gasteiger partial charge in [0.05, 0.1) is 6.61 Å². The van der Waals surface area contributed by atoms with Gasteiger partial charge >= 0.3 is 5.97 Å². The average Bonchev–Trinajstić information content (AvgIpc) is 2.30. The van der Waals surface area contributed by atoms with E-state index in [1.807, 2.05) is 6.92 Å². The van der Waals surface area contributed by atoms with Gasteiger partial charge in [0.25, 0.3) is 0 Å². The van der Waals surface area contributed by atoms with Crippen LogP contribution in [0.25, 0.3) is 0 Å². The van der Waals surface area contributed by atoms with E-state index in [2.05, 4.69) is 17.9 Å². The molecule has 2 nitrogen and oxygen atoms in total. The fourth-order valence-corrected chi connectivity index (χ4v) is 1.68. The quantitative estimate of drug-likeness (QED) is 0.413. The first-order chi connectivity index (χ1) is 7.83. The summed E-state index contributed by atoms with van der Waals surface area (Å²) in [5, 5.41) is 0. The minimum Gasteiger partial charge on any atom is -0.466 e. The van der Waals surface area contributed by atoms with Crippen molar-refractivity contribution in [2.45, 2.75) is 51.9 Å². The van der Waals surface area contributed by atoms with E-state index < -0.39 is 0 Å². The van der Waals surface area contributed by atoms with Crippen LogP contribution in [0, 0.1) is 11.8 Å². The molecule has 0 atom stereocenters. The molecule has 1 rings (SSSR count). The average molecular weight is 220 g/mol. The van der Waals surface area contributed by atoms with Gasteiger partial charge in [-0.2, -0.15) is 0 Å². The predicted molar refractivity (Wildman–Crippen MR) is 64.8 cm³/mol. The molecule has 0 spiro atoms. The van der Waals surface area contributed by atoms with Crippen LogP contribution >= 0.6 is 0 Å². The number of hydrogen-bond acceptors (Lipinski definition) is 2. The summed E-state index contributed by atoms with van der Waals surface area (Å²) in [5.41, 5.74) is 1.28. The Bertz CT molecular complexity index is 304. The van der Waals surface area contributed by atoms with E-state index in [1.165, 1.54) is 24.8 Å². The van der Waals surface area contributed by atoms with E-state index in [4.69, 9.17) is 4.74 Å². The van der Waals surface area contributed by atoms with E-state index in [-0.39, 0.29) is 5.97 Å². The van der Waals surface area contributed by atoms with E-state index in [1.54, 1.807) is 0 Å². The van der Waals surface area contributed by atoms with E-state index in [0.29, 0.717) is 13.0 Å². The number of ether oxygens (including phenoxy) is 1. The van der Waals surface area contributed by atoms with Gasteiger partial charge in [0.15, 0.2) is 0 Å². The SMILES string of the molecule is CCOC(=O)CCCC#CC1=CCCCC1. The summed E-state index contributed by atoms with van der Waals surface area (Å²) in [6, 6.07) is 0. The Morgan fingerprint density at radius 1 is 1.50 bits per heavy atom. The third-order valence-corrected chi connectivity index (χ3v) is 2.53. The van der Waals surface area contributed by atoms with E-state index in [9.17, 15) is 4.79 Å². The third-order valence-electron chi connectivity index (χ3n) is 2.53. The standard InChI is InChI=1S/C14H20O2/c1-2-16-14(15)12-8-4-7-11-13-9-5-3-6-10-13/h9H,2-6,8,10,12H2,1H3.